The van der Waals surface area contributed by atoms with E-state index in [9.17, 15) is 9.59 Å². The molecule has 0 aliphatic rings. The fraction of sp³-hybridized carbons (Fsp3) is 0.444. The van der Waals surface area contributed by atoms with E-state index in [0.717, 1.165) is 12.0 Å². The summed E-state index contributed by atoms with van der Waals surface area (Å²) in [6.45, 7) is 9.60. The van der Waals surface area contributed by atoms with Crippen molar-refractivity contribution in [2.45, 2.75) is 39.3 Å². The summed E-state index contributed by atoms with van der Waals surface area (Å²) in [5, 5.41) is 4.30. The minimum absolute atomic E-state index is 0.0382. The Kier molecular flexibility index (Phi) is 8.57. The first-order valence-electron chi connectivity index (χ1n) is 8.13. The minimum Gasteiger partial charge on any atom is -0.462 e. The van der Waals surface area contributed by atoms with Crippen molar-refractivity contribution >= 4 is 12.0 Å². The summed E-state index contributed by atoms with van der Waals surface area (Å²) in [4.78, 5) is 24.0. The van der Waals surface area contributed by atoms with Gasteiger partial charge in [-0.15, -0.1) is 6.58 Å². The zero-order valence-electron chi connectivity index (χ0n) is 14.6. The molecule has 1 rings (SSSR count). The molecule has 0 heterocycles. The lowest BCUT2D eigenvalue weighted by Crippen LogP contribution is -2.50. The predicted molar refractivity (Wildman–Crippen MR) is 94.1 cm³/mol. The Morgan fingerprint density at radius 1 is 1.29 bits per heavy atom. The number of carbonyl (C=O) groups is 2. The van der Waals surface area contributed by atoms with E-state index < -0.39 is 0 Å². The first-order valence-corrected chi connectivity index (χ1v) is 8.13. The van der Waals surface area contributed by atoms with Gasteiger partial charge in [-0.3, -0.25) is 10.2 Å². The van der Waals surface area contributed by atoms with Crippen molar-refractivity contribution in [2.24, 2.45) is 0 Å². The number of esters is 1. The Bertz CT molecular complexity index is 534. The van der Waals surface area contributed by atoms with Crippen molar-refractivity contribution in [3.63, 3.8) is 0 Å². The molecule has 6 nitrogen and oxygen atoms in total. The van der Waals surface area contributed by atoms with Gasteiger partial charge in [0.1, 0.15) is 6.54 Å². The summed E-state index contributed by atoms with van der Waals surface area (Å²) in [5.41, 5.74) is 3.65. The molecule has 1 aromatic rings. The van der Waals surface area contributed by atoms with E-state index in [1.165, 1.54) is 5.01 Å². The van der Waals surface area contributed by atoms with E-state index >= 15 is 0 Å². The van der Waals surface area contributed by atoms with Gasteiger partial charge in [-0.1, -0.05) is 43.3 Å². The predicted octanol–water partition coefficient (Wildman–Crippen LogP) is 2.79. The Balaban J connectivity index is 2.53. The topological polar surface area (TPSA) is 70.7 Å². The van der Waals surface area contributed by atoms with E-state index in [-0.39, 0.29) is 30.7 Å². The molecule has 1 aromatic carbocycles. The summed E-state index contributed by atoms with van der Waals surface area (Å²) in [5.74, 6) is -0.386. The maximum atomic E-state index is 12.1. The molecule has 0 saturated heterocycles. The second kappa shape index (κ2) is 10.4. The van der Waals surface area contributed by atoms with Crippen LogP contribution in [0.2, 0.25) is 0 Å². The van der Waals surface area contributed by atoms with Crippen LogP contribution in [0.3, 0.4) is 0 Å². The molecule has 24 heavy (non-hydrogen) atoms. The molecule has 0 bridgehead atoms. The first-order chi connectivity index (χ1) is 11.5. The summed E-state index contributed by atoms with van der Waals surface area (Å²) in [6.07, 6.45) is 2.21. The molecule has 2 N–H and O–H groups in total. The van der Waals surface area contributed by atoms with Gasteiger partial charge in [0.2, 0.25) is 0 Å². The lowest BCUT2D eigenvalue weighted by Gasteiger charge is -2.23. The number of carbonyl (C=O) groups excluding carboxylic acids is 2. The third-order valence-corrected chi connectivity index (χ3v) is 3.48. The molecule has 0 radical (unpaired) electrons. The van der Waals surface area contributed by atoms with Gasteiger partial charge >= 0.3 is 12.0 Å². The first kappa shape index (κ1) is 19.7. The highest BCUT2D eigenvalue weighted by molar-refractivity contribution is 5.75. The third-order valence-electron chi connectivity index (χ3n) is 3.48. The van der Waals surface area contributed by atoms with Crippen LogP contribution in [0.1, 0.15) is 38.8 Å². The van der Waals surface area contributed by atoms with Crippen LogP contribution >= 0.6 is 0 Å². The normalized spacial score (nSPS) is 13.0. The van der Waals surface area contributed by atoms with Gasteiger partial charge in [0.05, 0.1) is 12.1 Å². The SMILES string of the molecule is C=CCN(CC(=O)OC(C)CC)NC(=O)NC(C)c1ccccc1. The molecular weight excluding hydrogens is 306 g/mol. The molecule has 0 aliphatic heterocycles. The standard InChI is InChI=1S/C18H27N3O3/c1-5-12-21(13-17(22)24-14(3)6-2)20-18(23)19-15(4)16-10-8-7-9-11-16/h5,7-11,14-15H,1,6,12-13H2,2-4H3,(H2,19,20,23). The van der Waals surface area contributed by atoms with Crippen LogP contribution in [-0.4, -0.2) is 36.2 Å². The van der Waals surface area contributed by atoms with Gasteiger partial charge < -0.3 is 10.1 Å². The third kappa shape index (κ3) is 7.28. The van der Waals surface area contributed by atoms with Crippen molar-refractivity contribution < 1.29 is 14.3 Å². The minimum atomic E-state index is -0.386. The lowest BCUT2D eigenvalue weighted by molar-refractivity contribution is -0.150. The zero-order chi connectivity index (χ0) is 17.9. The van der Waals surface area contributed by atoms with Crippen LogP contribution in [0.5, 0.6) is 0 Å². The van der Waals surface area contributed by atoms with Gasteiger partial charge in [0, 0.05) is 6.54 Å². The van der Waals surface area contributed by atoms with E-state index in [1.54, 1.807) is 6.08 Å². The number of ether oxygens (including phenoxy) is 1. The van der Waals surface area contributed by atoms with Crippen LogP contribution < -0.4 is 10.7 Å². The summed E-state index contributed by atoms with van der Waals surface area (Å²) >= 11 is 0. The van der Waals surface area contributed by atoms with Crippen molar-refractivity contribution in [2.75, 3.05) is 13.1 Å². The highest BCUT2D eigenvalue weighted by Gasteiger charge is 2.16. The molecule has 2 amide bonds. The molecule has 2 atom stereocenters. The number of nitrogens with zero attached hydrogens (tertiary/aromatic N) is 1. The van der Waals surface area contributed by atoms with Gasteiger partial charge in [-0.25, -0.2) is 9.80 Å². The maximum Gasteiger partial charge on any atom is 0.329 e. The van der Waals surface area contributed by atoms with Crippen molar-refractivity contribution in [3.05, 3.63) is 48.6 Å². The average Bonchev–Trinajstić information content (AvgIpc) is 2.55. The van der Waals surface area contributed by atoms with Crippen molar-refractivity contribution in [3.8, 4) is 0 Å². The van der Waals surface area contributed by atoms with Crippen molar-refractivity contribution in [1.82, 2.24) is 15.8 Å². The summed E-state index contributed by atoms with van der Waals surface area (Å²) in [7, 11) is 0. The quantitative estimate of drug-likeness (QED) is 0.414. The number of nitrogens with one attached hydrogen (secondary N) is 2. The number of amides is 2. The molecule has 0 saturated carbocycles. The van der Waals surface area contributed by atoms with Gasteiger partial charge in [-0.2, -0.15) is 0 Å². The smallest absolute Gasteiger partial charge is 0.329 e. The Hall–Kier alpha value is -2.34. The number of hydrogen-bond donors (Lipinski definition) is 2. The Morgan fingerprint density at radius 3 is 2.54 bits per heavy atom. The molecule has 6 heteroatoms. The summed E-state index contributed by atoms with van der Waals surface area (Å²) < 4.78 is 5.22. The Labute approximate surface area is 143 Å². The van der Waals surface area contributed by atoms with E-state index in [1.807, 2.05) is 51.1 Å². The molecule has 132 valence electrons. The monoisotopic (exact) mass is 333 g/mol. The second-order valence-electron chi connectivity index (χ2n) is 5.60. The number of benzene rings is 1. The van der Waals surface area contributed by atoms with Gasteiger partial charge in [0.25, 0.3) is 0 Å². The van der Waals surface area contributed by atoms with Crippen LogP contribution in [0.15, 0.2) is 43.0 Å². The van der Waals surface area contributed by atoms with E-state index in [4.69, 9.17) is 4.74 Å². The van der Waals surface area contributed by atoms with Crippen molar-refractivity contribution in [1.29, 1.82) is 0 Å². The van der Waals surface area contributed by atoms with Crippen LogP contribution in [0, 0.1) is 0 Å². The number of rotatable bonds is 9. The van der Waals surface area contributed by atoms with Gasteiger partial charge in [-0.05, 0) is 25.8 Å². The second-order valence-corrected chi connectivity index (χ2v) is 5.60. The van der Waals surface area contributed by atoms with Crippen LogP contribution in [-0.2, 0) is 9.53 Å². The van der Waals surface area contributed by atoms with Crippen LogP contribution in [0.25, 0.3) is 0 Å². The van der Waals surface area contributed by atoms with E-state index in [0.29, 0.717) is 6.54 Å². The fourth-order valence-electron chi connectivity index (χ4n) is 2.00. The lowest BCUT2D eigenvalue weighted by atomic mass is 10.1. The average molecular weight is 333 g/mol. The fourth-order valence-corrected chi connectivity index (χ4v) is 2.00. The highest BCUT2D eigenvalue weighted by Crippen LogP contribution is 2.10. The molecule has 0 fully saturated rings. The number of hydrogen-bond acceptors (Lipinski definition) is 4. The van der Waals surface area contributed by atoms with Crippen LogP contribution in [0.4, 0.5) is 4.79 Å². The summed E-state index contributed by atoms with van der Waals surface area (Å²) in [6, 6.07) is 9.10. The molecule has 0 spiro atoms. The number of hydrazine groups is 1. The molecule has 2 unspecified atom stereocenters. The maximum absolute atomic E-state index is 12.1. The molecular formula is C18H27N3O3. The zero-order valence-corrected chi connectivity index (χ0v) is 14.6. The van der Waals surface area contributed by atoms with E-state index in [2.05, 4.69) is 17.3 Å². The molecule has 0 aliphatic carbocycles. The van der Waals surface area contributed by atoms with Gasteiger partial charge in [0.15, 0.2) is 0 Å². The highest BCUT2D eigenvalue weighted by atomic mass is 16.5. The Morgan fingerprint density at radius 2 is 1.96 bits per heavy atom. The largest absolute Gasteiger partial charge is 0.462 e. The molecule has 0 aromatic heterocycles. The number of urea groups is 1.